The van der Waals surface area contributed by atoms with Gasteiger partial charge in [0.15, 0.2) is 0 Å². The Morgan fingerprint density at radius 1 is 1.33 bits per heavy atom. The molecule has 1 saturated heterocycles. The van der Waals surface area contributed by atoms with E-state index in [0.717, 1.165) is 12.8 Å². The van der Waals surface area contributed by atoms with Crippen molar-refractivity contribution >= 4 is 11.8 Å². The maximum atomic E-state index is 12.6. The molecule has 0 bridgehead atoms. The smallest absolute Gasteiger partial charge is 0.245 e. The van der Waals surface area contributed by atoms with Crippen LogP contribution in [-0.2, 0) is 20.7 Å². The molecule has 1 atom stereocenters. The summed E-state index contributed by atoms with van der Waals surface area (Å²) in [6.07, 6.45) is 2.56. The molecular formula is C19H28N2O3. The van der Waals surface area contributed by atoms with Crippen molar-refractivity contribution in [3.05, 3.63) is 35.4 Å². The van der Waals surface area contributed by atoms with Crippen LogP contribution in [0.2, 0.25) is 0 Å². The van der Waals surface area contributed by atoms with Crippen molar-refractivity contribution in [2.24, 2.45) is 0 Å². The fourth-order valence-corrected chi connectivity index (χ4v) is 3.11. The third-order valence-electron chi connectivity index (χ3n) is 4.77. The van der Waals surface area contributed by atoms with Gasteiger partial charge in [0, 0.05) is 33.2 Å². The number of nitrogens with one attached hydrogen (secondary N) is 1. The third kappa shape index (κ3) is 4.35. The molecule has 0 spiro atoms. The second-order valence-electron chi connectivity index (χ2n) is 6.66. The number of carbonyl (C=O) groups excluding carboxylic acids is 2. The van der Waals surface area contributed by atoms with Crippen molar-refractivity contribution < 1.29 is 14.3 Å². The number of rotatable bonds is 8. The van der Waals surface area contributed by atoms with Crippen molar-refractivity contribution in [3.63, 3.8) is 0 Å². The van der Waals surface area contributed by atoms with E-state index in [1.54, 1.807) is 12.0 Å². The number of benzene rings is 1. The number of nitrogens with zero attached hydrogens (tertiary/aromatic N) is 1. The lowest BCUT2D eigenvalue weighted by Crippen LogP contribution is -2.55. The Morgan fingerprint density at radius 2 is 2.04 bits per heavy atom. The minimum atomic E-state index is -0.741. The lowest BCUT2D eigenvalue weighted by molar-refractivity contribution is -0.140. The van der Waals surface area contributed by atoms with Crippen LogP contribution in [0.15, 0.2) is 24.3 Å². The van der Waals surface area contributed by atoms with Gasteiger partial charge < -0.3 is 15.0 Å². The number of hydrogen-bond donors (Lipinski definition) is 1. The molecule has 1 aliphatic rings. The molecule has 1 aromatic carbocycles. The molecular weight excluding hydrogens is 304 g/mol. The van der Waals surface area contributed by atoms with Crippen molar-refractivity contribution in [1.82, 2.24) is 10.2 Å². The maximum absolute atomic E-state index is 12.6. The first-order chi connectivity index (χ1) is 11.5. The third-order valence-corrected chi connectivity index (χ3v) is 4.77. The average molecular weight is 332 g/mol. The topological polar surface area (TPSA) is 58.6 Å². The van der Waals surface area contributed by atoms with E-state index >= 15 is 0 Å². The Morgan fingerprint density at radius 3 is 2.71 bits per heavy atom. The molecule has 5 nitrogen and oxygen atoms in total. The Labute approximate surface area is 144 Å². The first-order valence-corrected chi connectivity index (χ1v) is 8.60. The molecule has 0 saturated carbocycles. The molecule has 0 aromatic heterocycles. The van der Waals surface area contributed by atoms with Gasteiger partial charge in [-0.15, -0.1) is 0 Å². The molecule has 1 heterocycles. The first kappa shape index (κ1) is 18.5. The van der Waals surface area contributed by atoms with Crippen LogP contribution in [0.5, 0.6) is 0 Å². The molecule has 0 unspecified atom stereocenters. The van der Waals surface area contributed by atoms with E-state index in [4.69, 9.17) is 4.74 Å². The summed E-state index contributed by atoms with van der Waals surface area (Å²) in [6, 6.07) is 8.31. The lowest BCUT2D eigenvalue weighted by atomic mass is 9.97. The molecule has 0 radical (unpaired) electrons. The molecule has 0 aliphatic carbocycles. The SMILES string of the molecule is COCCCNC(=O)[C@]1(C)CCC(=O)N1CCc1ccc(C)cc1. The van der Waals surface area contributed by atoms with Crippen molar-refractivity contribution in [2.45, 2.75) is 45.1 Å². The quantitative estimate of drug-likeness (QED) is 0.742. The summed E-state index contributed by atoms with van der Waals surface area (Å²) in [4.78, 5) is 26.6. The predicted molar refractivity (Wildman–Crippen MR) is 93.7 cm³/mol. The summed E-state index contributed by atoms with van der Waals surface area (Å²) in [5, 5.41) is 2.94. The van der Waals surface area contributed by atoms with E-state index in [9.17, 15) is 9.59 Å². The summed E-state index contributed by atoms with van der Waals surface area (Å²) >= 11 is 0. The van der Waals surface area contributed by atoms with Crippen LogP contribution in [0.4, 0.5) is 0 Å². The van der Waals surface area contributed by atoms with E-state index < -0.39 is 5.54 Å². The minimum Gasteiger partial charge on any atom is -0.385 e. The van der Waals surface area contributed by atoms with Gasteiger partial charge in [0.1, 0.15) is 5.54 Å². The summed E-state index contributed by atoms with van der Waals surface area (Å²) < 4.78 is 4.99. The highest BCUT2D eigenvalue weighted by Crippen LogP contribution is 2.30. The molecule has 1 fully saturated rings. The second-order valence-corrected chi connectivity index (χ2v) is 6.66. The second kappa shape index (κ2) is 8.29. The number of methoxy groups -OCH3 is 1. The minimum absolute atomic E-state index is 0.0617. The summed E-state index contributed by atoms with van der Waals surface area (Å²) in [7, 11) is 1.64. The van der Waals surface area contributed by atoms with E-state index in [-0.39, 0.29) is 11.8 Å². The highest BCUT2D eigenvalue weighted by Gasteiger charge is 2.46. The monoisotopic (exact) mass is 332 g/mol. The maximum Gasteiger partial charge on any atom is 0.245 e. The van der Waals surface area contributed by atoms with Crippen LogP contribution in [0.25, 0.3) is 0 Å². The van der Waals surface area contributed by atoms with E-state index in [1.165, 1.54) is 11.1 Å². The molecule has 24 heavy (non-hydrogen) atoms. The number of ether oxygens (including phenoxy) is 1. The number of aryl methyl sites for hydroxylation is 1. The van der Waals surface area contributed by atoms with Gasteiger partial charge in [-0.1, -0.05) is 29.8 Å². The highest BCUT2D eigenvalue weighted by molar-refractivity contribution is 5.94. The van der Waals surface area contributed by atoms with Crippen LogP contribution in [0.1, 0.15) is 37.3 Å². The van der Waals surface area contributed by atoms with Crippen LogP contribution >= 0.6 is 0 Å². The van der Waals surface area contributed by atoms with Crippen LogP contribution in [0, 0.1) is 6.92 Å². The number of carbonyl (C=O) groups is 2. The van der Waals surface area contributed by atoms with Gasteiger partial charge in [-0.3, -0.25) is 9.59 Å². The standard InChI is InChI=1S/C19H28N2O3/c1-15-5-7-16(8-6-15)10-13-21-17(22)9-11-19(21,2)18(23)20-12-4-14-24-3/h5-8H,4,9-14H2,1-3H3,(H,20,23)/t19-/m0/s1. The van der Waals surface area contributed by atoms with E-state index in [2.05, 4.69) is 36.5 Å². The first-order valence-electron chi connectivity index (χ1n) is 8.60. The van der Waals surface area contributed by atoms with Crippen LogP contribution in [0.3, 0.4) is 0 Å². The molecule has 2 rings (SSSR count). The lowest BCUT2D eigenvalue weighted by Gasteiger charge is -2.34. The van der Waals surface area contributed by atoms with Crippen LogP contribution in [-0.4, -0.2) is 49.1 Å². The molecule has 2 amide bonds. The largest absolute Gasteiger partial charge is 0.385 e. The Bertz CT molecular complexity index is 570. The fraction of sp³-hybridized carbons (Fsp3) is 0.579. The van der Waals surface area contributed by atoms with Gasteiger partial charge in [-0.25, -0.2) is 0 Å². The van der Waals surface area contributed by atoms with Crippen molar-refractivity contribution in [1.29, 1.82) is 0 Å². The zero-order valence-corrected chi connectivity index (χ0v) is 14.9. The van der Waals surface area contributed by atoms with Crippen molar-refractivity contribution in [3.8, 4) is 0 Å². The van der Waals surface area contributed by atoms with Gasteiger partial charge in [-0.05, 0) is 38.7 Å². The Balaban J connectivity index is 1.96. The van der Waals surface area contributed by atoms with Gasteiger partial charge >= 0.3 is 0 Å². The summed E-state index contributed by atoms with van der Waals surface area (Å²) in [6.45, 7) is 5.69. The fourth-order valence-electron chi connectivity index (χ4n) is 3.11. The zero-order valence-electron chi connectivity index (χ0n) is 14.9. The molecule has 1 aromatic rings. The Hall–Kier alpha value is -1.88. The van der Waals surface area contributed by atoms with Gasteiger partial charge in [0.25, 0.3) is 0 Å². The Kier molecular flexibility index (Phi) is 6.37. The normalized spacial score (nSPS) is 20.5. The highest BCUT2D eigenvalue weighted by atomic mass is 16.5. The number of hydrogen-bond acceptors (Lipinski definition) is 3. The van der Waals surface area contributed by atoms with Crippen molar-refractivity contribution in [2.75, 3.05) is 26.8 Å². The van der Waals surface area contributed by atoms with E-state index in [0.29, 0.717) is 32.5 Å². The van der Waals surface area contributed by atoms with Gasteiger partial charge in [-0.2, -0.15) is 0 Å². The average Bonchev–Trinajstić information content (AvgIpc) is 2.87. The number of likely N-dealkylation sites (tertiary alicyclic amines) is 1. The zero-order chi connectivity index (χ0) is 17.6. The molecule has 1 N–H and O–H groups in total. The van der Waals surface area contributed by atoms with Crippen LogP contribution < -0.4 is 5.32 Å². The van der Waals surface area contributed by atoms with Gasteiger partial charge in [0.05, 0.1) is 0 Å². The van der Waals surface area contributed by atoms with E-state index in [1.807, 2.05) is 6.92 Å². The molecule has 1 aliphatic heterocycles. The number of amides is 2. The summed E-state index contributed by atoms with van der Waals surface area (Å²) in [5.41, 5.74) is 1.66. The van der Waals surface area contributed by atoms with Gasteiger partial charge in [0.2, 0.25) is 11.8 Å². The molecule has 132 valence electrons. The molecule has 5 heteroatoms. The summed E-state index contributed by atoms with van der Waals surface area (Å²) in [5.74, 6) is 0.00464. The predicted octanol–water partition coefficient (Wildman–Crippen LogP) is 2.07.